The van der Waals surface area contributed by atoms with Gasteiger partial charge in [0.05, 0.1) is 18.5 Å². The van der Waals surface area contributed by atoms with Crippen molar-refractivity contribution in [2.75, 3.05) is 11.9 Å². The number of rotatable bonds is 9. The molecule has 1 saturated heterocycles. The fourth-order valence-corrected chi connectivity index (χ4v) is 6.60. The van der Waals surface area contributed by atoms with E-state index in [-0.39, 0.29) is 29.7 Å². The Kier molecular flexibility index (Phi) is 6.70. The summed E-state index contributed by atoms with van der Waals surface area (Å²) in [5, 5.41) is 10.4. The summed E-state index contributed by atoms with van der Waals surface area (Å²) >= 11 is 0. The minimum atomic E-state index is -2.83. The van der Waals surface area contributed by atoms with Gasteiger partial charge in [0.25, 0.3) is 11.8 Å². The highest BCUT2D eigenvalue weighted by atomic mass is 19.3. The molecule has 2 saturated carbocycles. The summed E-state index contributed by atoms with van der Waals surface area (Å²) in [6.07, 6.45) is 7.08. The lowest BCUT2D eigenvalue weighted by molar-refractivity contribution is -0.191. The van der Waals surface area contributed by atoms with E-state index in [9.17, 15) is 23.2 Å². The number of fused-ring (bicyclic) bond motifs is 1. The van der Waals surface area contributed by atoms with E-state index in [1.807, 2.05) is 26.0 Å². The summed E-state index contributed by atoms with van der Waals surface area (Å²) in [5.41, 5.74) is 2.82. The Labute approximate surface area is 232 Å². The highest BCUT2D eigenvalue weighted by Crippen LogP contribution is 2.51. The Balaban J connectivity index is 1.19. The first kappa shape index (κ1) is 26.9. The molecule has 1 aromatic carbocycles. The van der Waals surface area contributed by atoms with E-state index in [4.69, 9.17) is 0 Å². The van der Waals surface area contributed by atoms with Crippen molar-refractivity contribution in [3.63, 3.8) is 0 Å². The molecule has 3 unspecified atom stereocenters. The Bertz CT molecular complexity index is 1320. The van der Waals surface area contributed by atoms with Gasteiger partial charge in [0.1, 0.15) is 11.7 Å². The lowest BCUT2D eigenvalue weighted by Crippen LogP contribution is -2.66. The Hall–Kier alpha value is -3.30. The summed E-state index contributed by atoms with van der Waals surface area (Å²) in [5.74, 6) is -3.12. The van der Waals surface area contributed by atoms with Gasteiger partial charge in [-0.15, -0.1) is 0 Å². The smallest absolute Gasteiger partial charge is 0.284 e. The van der Waals surface area contributed by atoms with Gasteiger partial charge >= 0.3 is 0 Å². The van der Waals surface area contributed by atoms with Crippen LogP contribution in [0.5, 0.6) is 0 Å². The summed E-state index contributed by atoms with van der Waals surface area (Å²) in [7, 11) is 0. The predicted molar refractivity (Wildman–Crippen MR) is 145 cm³/mol. The molecule has 1 aliphatic heterocycles. The van der Waals surface area contributed by atoms with Gasteiger partial charge in [0.15, 0.2) is 0 Å². The zero-order valence-corrected chi connectivity index (χ0v) is 23.2. The molecular formula is C30H37F2N5O3. The van der Waals surface area contributed by atoms with Gasteiger partial charge in [0, 0.05) is 17.9 Å². The van der Waals surface area contributed by atoms with Crippen molar-refractivity contribution in [1.82, 2.24) is 20.0 Å². The number of halogens is 2. The number of aryl methyl sites for hydroxylation is 1. The molecule has 6 rings (SSSR count). The lowest BCUT2D eigenvalue weighted by Gasteiger charge is -2.46. The molecule has 214 valence electrons. The molecule has 2 heterocycles. The molecule has 4 aliphatic rings. The van der Waals surface area contributed by atoms with Gasteiger partial charge in [-0.25, -0.2) is 8.78 Å². The van der Waals surface area contributed by atoms with Crippen LogP contribution in [0.3, 0.4) is 0 Å². The van der Waals surface area contributed by atoms with E-state index in [2.05, 4.69) is 15.7 Å². The minimum absolute atomic E-state index is 0.00797. The molecule has 3 amide bonds. The standard InChI is InChI=1S/C30H37F2N5O3/c1-16(2)37-24(12-13-33-37)27(38)35-26(25(18-4-5-18)19-6-7-19)28(39)34-21-9-11-22-20(14-21)8-10-23(22)29(40)36-15-30(31,32)17(36)3/h9,11-14,16-19,23,25-26H,4-8,10,15H2,1-3H3,(H,34,39)(H,35,38). The van der Waals surface area contributed by atoms with E-state index >= 15 is 0 Å². The van der Waals surface area contributed by atoms with E-state index in [0.29, 0.717) is 36.1 Å². The second kappa shape index (κ2) is 9.96. The maximum Gasteiger partial charge on any atom is 0.284 e. The molecule has 10 heteroatoms. The number of hydrogen-bond acceptors (Lipinski definition) is 4. The molecule has 0 bridgehead atoms. The zero-order valence-electron chi connectivity index (χ0n) is 23.2. The van der Waals surface area contributed by atoms with Crippen molar-refractivity contribution in [1.29, 1.82) is 0 Å². The summed E-state index contributed by atoms with van der Waals surface area (Å²) in [6, 6.07) is 5.41. The number of benzene rings is 1. The molecular weight excluding hydrogens is 516 g/mol. The van der Waals surface area contributed by atoms with Crippen molar-refractivity contribution in [2.24, 2.45) is 17.8 Å². The van der Waals surface area contributed by atoms with Crippen LogP contribution >= 0.6 is 0 Å². The first-order chi connectivity index (χ1) is 19.0. The van der Waals surface area contributed by atoms with Crippen LogP contribution in [0.1, 0.15) is 86.5 Å². The van der Waals surface area contributed by atoms with Crippen LogP contribution in [0.15, 0.2) is 30.5 Å². The van der Waals surface area contributed by atoms with Crippen LogP contribution in [0.25, 0.3) is 0 Å². The summed E-state index contributed by atoms with van der Waals surface area (Å²) in [4.78, 5) is 41.4. The predicted octanol–water partition coefficient (Wildman–Crippen LogP) is 4.53. The molecule has 40 heavy (non-hydrogen) atoms. The van der Waals surface area contributed by atoms with Crippen LogP contribution in [0.4, 0.5) is 14.5 Å². The van der Waals surface area contributed by atoms with Crippen molar-refractivity contribution in [3.05, 3.63) is 47.3 Å². The van der Waals surface area contributed by atoms with Crippen LogP contribution < -0.4 is 10.6 Å². The summed E-state index contributed by atoms with van der Waals surface area (Å²) < 4.78 is 29.0. The molecule has 2 N–H and O–H groups in total. The Morgan fingerprint density at radius 1 is 1.05 bits per heavy atom. The van der Waals surface area contributed by atoms with Gasteiger partial charge in [-0.2, -0.15) is 5.10 Å². The molecule has 3 fully saturated rings. The average molecular weight is 554 g/mol. The van der Waals surface area contributed by atoms with Gasteiger partial charge in [-0.1, -0.05) is 6.07 Å². The van der Waals surface area contributed by atoms with E-state index in [1.165, 1.54) is 11.8 Å². The largest absolute Gasteiger partial charge is 0.339 e. The maximum absolute atomic E-state index is 13.8. The lowest BCUT2D eigenvalue weighted by atomic mass is 9.88. The molecule has 3 atom stereocenters. The number of nitrogens with one attached hydrogen (secondary N) is 2. The van der Waals surface area contributed by atoms with Crippen molar-refractivity contribution in [2.45, 2.75) is 89.3 Å². The third-order valence-corrected chi connectivity index (χ3v) is 9.21. The SMILES string of the molecule is CC(C)n1nccc1C(=O)NC(C(=O)Nc1ccc2c(c1)CCC2C(=O)N1CC(F)(F)C1C)C(C1CC1)C1CC1. The van der Waals surface area contributed by atoms with Crippen molar-refractivity contribution >= 4 is 23.4 Å². The maximum atomic E-state index is 13.8. The van der Waals surface area contributed by atoms with Crippen molar-refractivity contribution in [3.8, 4) is 0 Å². The quantitative estimate of drug-likeness (QED) is 0.477. The van der Waals surface area contributed by atoms with E-state index in [0.717, 1.165) is 36.8 Å². The molecule has 8 nitrogen and oxygen atoms in total. The number of aromatic nitrogens is 2. The van der Waals surface area contributed by atoms with Crippen LogP contribution in [0.2, 0.25) is 0 Å². The van der Waals surface area contributed by atoms with Gasteiger partial charge < -0.3 is 15.5 Å². The molecule has 0 radical (unpaired) electrons. The number of likely N-dealkylation sites (tertiary alicyclic amines) is 1. The molecule has 1 aromatic heterocycles. The molecule has 3 aliphatic carbocycles. The second-order valence-electron chi connectivity index (χ2n) is 12.4. The number of carbonyl (C=O) groups excluding carboxylic acids is 3. The summed E-state index contributed by atoms with van der Waals surface area (Å²) in [6.45, 7) is 4.77. The van der Waals surface area contributed by atoms with Crippen LogP contribution in [-0.2, 0) is 16.0 Å². The van der Waals surface area contributed by atoms with E-state index < -0.39 is 30.5 Å². The van der Waals surface area contributed by atoms with Crippen molar-refractivity contribution < 1.29 is 23.2 Å². The van der Waals surface area contributed by atoms with Crippen LogP contribution in [-0.4, -0.2) is 57.0 Å². The molecule has 0 spiro atoms. The first-order valence-corrected chi connectivity index (χ1v) is 14.5. The number of hydrogen-bond donors (Lipinski definition) is 2. The minimum Gasteiger partial charge on any atom is -0.339 e. The highest BCUT2D eigenvalue weighted by Gasteiger charge is 2.55. The number of nitrogens with zero attached hydrogens (tertiary/aromatic N) is 3. The third-order valence-electron chi connectivity index (χ3n) is 9.21. The average Bonchev–Trinajstić information content (AvgIpc) is 3.84. The van der Waals surface area contributed by atoms with Crippen LogP contribution in [0, 0.1) is 17.8 Å². The van der Waals surface area contributed by atoms with Gasteiger partial charge in [0.2, 0.25) is 11.8 Å². The first-order valence-electron chi connectivity index (χ1n) is 14.5. The Morgan fingerprint density at radius 2 is 1.75 bits per heavy atom. The third kappa shape index (κ3) is 4.90. The number of alkyl halides is 2. The fraction of sp³-hybridized carbons (Fsp3) is 0.600. The number of anilines is 1. The monoisotopic (exact) mass is 553 g/mol. The van der Waals surface area contributed by atoms with Gasteiger partial charge in [-0.05, 0) is 106 Å². The number of carbonyl (C=O) groups is 3. The normalized spacial score (nSPS) is 24.0. The van der Waals surface area contributed by atoms with Gasteiger partial charge in [-0.3, -0.25) is 19.1 Å². The second-order valence-corrected chi connectivity index (χ2v) is 12.4. The number of amides is 3. The fourth-order valence-electron chi connectivity index (χ4n) is 6.60. The zero-order chi connectivity index (χ0) is 28.3. The highest BCUT2D eigenvalue weighted by molar-refractivity contribution is 6.01. The Morgan fingerprint density at radius 3 is 2.35 bits per heavy atom. The molecule has 2 aromatic rings. The topological polar surface area (TPSA) is 96.3 Å². The van der Waals surface area contributed by atoms with E-state index in [1.54, 1.807) is 23.0 Å².